The topological polar surface area (TPSA) is 75.1 Å². The van der Waals surface area contributed by atoms with E-state index in [1.54, 1.807) is 13.4 Å². The van der Waals surface area contributed by atoms with E-state index in [0.717, 1.165) is 74.3 Å². The predicted octanol–water partition coefficient (Wildman–Crippen LogP) is 1.56. The summed E-state index contributed by atoms with van der Waals surface area (Å²) in [5.74, 6) is 1.86. The first-order valence-electron chi connectivity index (χ1n) is 10.3. The fraction of sp³-hybridized carbons (Fsp3) is 0.571. The van der Waals surface area contributed by atoms with Crippen molar-refractivity contribution in [3.8, 4) is 0 Å². The zero-order valence-corrected chi connectivity index (χ0v) is 17.5. The minimum absolute atomic E-state index is 0.151. The van der Waals surface area contributed by atoms with Gasteiger partial charge in [-0.15, -0.1) is 0 Å². The highest BCUT2D eigenvalue weighted by Crippen LogP contribution is 2.27. The lowest BCUT2D eigenvalue weighted by atomic mass is 9.94. The van der Waals surface area contributed by atoms with E-state index in [1.165, 1.54) is 0 Å². The summed E-state index contributed by atoms with van der Waals surface area (Å²) in [7, 11) is 1.75. The van der Waals surface area contributed by atoms with Crippen LogP contribution in [0.5, 0.6) is 0 Å². The second-order valence-electron chi connectivity index (χ2n) is 7.83. The molecule has 0 radical (unpaired) electrons. The number of anilines is 1. The van der Waals surface area contributed by atoms with Crippen molar-refractivity contribution in [2.45, 2.75) is 32.4 Å². The Morgan fingerprint density at radius 3 is 2.79 bits per heavy atom. The number of piperazine rings is 1. The lowest BCUT2D eigenvalue weighted by molar-refractivity contribution is 0.144. The normalized spacial score (nSPS) is 22.0. The average Bonchev–Trinajstić information content (AvgIpc) is 3.15. The number of hydrazone groups is 1. The Balaban J connectivity index is 1.47. The Bertz CT molecular complexity index is 811. The summed E-state index contributed by atoms with van der Waals surface area (Å²) in [5.41, 5.74) is 6.10. The van der Waals surface area contributed by atoms with Crippen molar-refractivity contribution in [2.24, 2.45) is 5.10 Å². The molecule has 1 unspecified atom stereocenters. The van der Waals surface area contributed by atoms with E-state index in [4.69, 9.17) is 9.47 Å². The highest BCUT2D eigenvalue weighted by atomic mass is 16.5. The van der Waals surface area contributed by atoms with Gasteiger partial charge in [-0.3, -0.25) is 4.90 Å². The van der Waals surface area contributed by atoms with Crippen LogP contribution >= 0.6 is 0 Å². The largest absolute Gasteiger partial charge is 0.491 e. The second-order valence-corrected chi connectivity index (χ2v) is 7.83. The van der Waals surface area contributed by atoms with Crippen LogP contribution in [0.15, 0.2) is 41.0 Å². The van der Waals surface area contributed by atoms with Gasteiger partial charge in [0.05, 0.1) is 24.4 Å². The maximum Gasteiger partial charge on any atom is 0.132 e. The number of nitrogens with one attached hydrogen (secondary N) is 1. The first kappa shape index (κ1) is 19.8. The maximum atomic E-state index is 5.89. The predicted molar refractivity (Wildman–Crippen MR) is 113 cm³/mol. The van der Waals surface area contributed by atoms with Gasteiger partial charge in [0, 0.05) is 51.5 Å². The molecule has 1 aliphatic carbocycles. The van der Waals surface area contributed by atoms with Gasteiger partial charge in [0.2, 0.25) is 0 Å². The number of methoxy groups -OCH3 is 1. The maximum absolute atomic E-state index is 5.89. The van der Waals surface area contributed by atoms with Crippen molar-refractivity contribution in [1.29, 1.82) is 0 Å². The number of fused-ring (bicyclic) bond motifs is 1. The Labute approximate surface area is 172 Å². The van der Waals surface area contributed by atoms with Crippen LogP contribution in [0.1, 0.15) is 26.0 Å². The van der Waals surface area contributed by atoms with Crippen molar-refractivity contribution < 1.29 is 9.47 Å². The fourth-order valence-electron chi connectivity index (χ4n) is 3.87. The van der Waals surface area contributed by atoms with E-state index in [1.807, 2.05) is 13.8 Å². The molecule has 0 amide bonds. The minimum atomic E-state index is 0.151. The number of allylic oxidation sites excluding steroid dienone is 1. The average molecular weight is 399 g/mol. The third-order valence-corrected chi connectivity index (χ3v) is 5.41. The van der Waals surface area contributed by atoms with Crippen molar-refractivity contribution >= 4 is 11.5 Å². The molecule has 0 spiro atoms. The highest BCUT2D eigenvalue weighted by molar-refractivity contribution is 6.13. The molecule has 1 N–H and O–H groups in total. The van der Waals surface area contributed by atoms with Gasteiger partial charge in [-0.2, -0.15) is 5.10 Å². The number of hydrogen-bond acceptors (Lipinski definition) is 8. The number of ether oxygens (including phenoxy) is 2. The van der Waals surface area contributed by atoms with E-state index >= 15 is 0 Å². The lowest BCUT2D eigenvalue weighted by Gasteiger charge is -2.35. The van der Waals surface area contributed by atoms with Crippen LogP contribution in [0.4, 0.5) is 5.82 Å². The van der Waals surface area contributed by atoms with Crippen LogP contribution in [0.2, 0.25) is 0 Å². The van der Waals surface area contributed by atoms with E-state index in [9.17, 15) is 0 Å². The summed E-state index contributed by atoms with van der Waals surface area (Å²) < 4.78 is 11.1. The first-order chi connectivity index (χ1) is 14.1. The molecule has 0 aromatic carbocycles. The molecule has 3 heterocycles. The standard InChI is InChI=1S/C21H30N6O2/c1-15(2)29-16-4-5-18-17(12-16)21(25-24-18)19-13-20(23-14-22-19)27-8-6-26(7-9-27)10-11-28-3/h4,12-15,18,24H,5-11H2,1-3H3. The van der Waals surface area contributed by atoms with Crippen molar-refractivity contribution in [1.82, 2.24) is 20.3 Å². The van der Waals surface area contributed by atoms with Gasteiger partial charge < -0.3 is 19.8 Å². The van der Waals surface area contributed by atoms with Crippen LogP contribution in [-0.4, -0.2) is 79.2 Å². The molecule has 8 nitrogen and oxygen atoms in total. The molecule has 3 aliphatic rings. The molecule has 0 bridgehead atoms. The molecular formula is C21H30N6O2. The Morgan fingerprint density at radius 1 is 1.21 bits per heavy atom. The SMILES string of the molecule is COCCN1CCN(c2cc(C3=NNC4CC=C(OC(C)C)C=C34)ncn2)CC1. The van der Waals surface area contributed by atoms with Gasteiger partial charge in [-0.1, -0.05) is 0 Å². The summed E-state index contributed by atoms with van der Waals surface area (Å²) in [6.07, 6.45) is 6.86. The van der Waals surface area contributed by atoms with Gasteiger partial charge in [0.25, 0.3) is 0 Å². The molecule has 2 aliphatic heterocycles. The molecule has 1 fully saturated rings. The lowest BCUT2D eigenvalue weighted by Crippen LogP contribution is -2.47. The van der Waals surface area contributed by atoms with Gasteiger partial charge in [0.15, 0.2) is 0 Å². The zero-order valence-electron chi connectivity index (χ0n) is 17.5. The number of aromatic nitrogens is 2. The minimum Gasteiger partial charge on any atom is -0.491 e. The summed E-state index contributed by atoms with van der Waals surface area (Å²) in [6.45, 7) is 9.76. The molecular weight excluding hydrogens is 368 g/mol. The first-order valence-corrected chi connectivity index (χ1v) is 10.3. The summed E-state index contributed by atoms with van der Waals surface area (Å²) >= 11 is 0. The van der Waals surface area contributed by atoms with Gasteiger partial charge in [0.1, 0.15) is 23.6 Å². The van der Waals surface area contributed by atoms with Gasteiger partial charge in [-0.25, -0.2) is 9.97 Å². The van der Waals surface area contributed by atoms with E-state index in [2.05, 4.69) is 48.5 Å². The molecule has 1 aromatic heterocycles. The van der Waals surface area contributed by atoms with E-state index in [-0.39, 0.29) is 12.1 Å². The Morgan fingerprint density at radius 2 is 2.03 bits per heavy atom. The zero-order chi connectivity index (χ0) is 20.2. The Kier molecular flexibility index (Phi) is 6.10. The van der Waals surface area contributed by atoms with Crippen LogP contribution in [0, 0.1) is 0 Å². The molecule has 156 valence electrons. The number of nitrogens with zero attached hydrogens (tertiary/aromatic N) is 5. The summed E-state index contributed by atoms with van der Waals surface area (Å²) in [6, 6.07) is 2.24. The van der Waals surface area contributed by atoms with Crippen LogP contribution in [0.3, 0.4) is 0 Å². The van der Waals surface area contributed by atoms with Gasteiger partial charge >= 0.3 is 0 Å². The third-order valence-electron chi connectivity index (χ3n) is 5.41. The number of hydrogen-bond donors (Lipinski definition) is 1. The monoisotopic (exact) mass is 398 g/mol. The molecule has 4 rings (SSSR count). The Hall–Kier alpha value is -2.45. The molecule has 1 atom stereocenters. The molecule has 29 heavy (non-hydrogen) atoms. The van der Waals surface area contributed by atoms with Crippen LogP contribution in [0.25, 0.3) is 0 Å². The second kappa shape index (κ2) is 8.92. The molecule has 1 saturated heterocycles. The molecule has 8 heteroatoms. The molecule has 0 saturated carbocycles. The molecule has 1 aromatic rings. The highest BCUT2D eigenvalue weighted by Gasteiger charge is 2.30. The number of rotatable bonds is 7. The van der Waals surface area contributed by atoms with E-state index in [0.29, 0.717) is 0 Å². The van der Waals surface area contributed by atoms with E-state index < -0.39 is 0 Å². The smallest absolute Gasteiger partial charge is 0.132 e. The van der Waals surface area contributed by atoms with Crippen molar-refractivity contribution in [3.63, 3.8) is 0 Å². The third kappa shape index (κ3) is 4.59. The van der Waals surface area contributed by atoms with Gasteiger partial charge in [-0.05, 0) is 32.4 Å². The van der Waals surface area contributed by atoms with Crippen molar-refractivity contribution in [2.75, 3.05) is 51.3 Å². The fourth-order valence-corrected chi connectivity index (χ4v) is 3.87. The van der Waals surface area contributed by atoms with Crippen molar-refractivity contribution in [3.05, 3.63) is 41.6 Å². The van der Waals surface area contributed by atoms with Crippen LogP contribution in [-0.2, 0) is 9.47 Å². The summed E-state index contributed by atoms with van der Waals surface area (Å²) in [4.78, 5) is 13.8. The summed E-state index contributed by atoms with van der Waals surface area (Å²) in [5, 5.41) is 4.57. The van der Waals surface area contributed by atoms with Crippen LogP contribution < -0.4 is 10.3 Å². The quantitative estimate of drug-likeness (QED) is 0.747.